The normalized spacial score (nSPS) is 11.3. The lowest BCUT2D eigenvalue weighted by Gasteiger charge is -2.23. The van der Waals surface area contributed by atoms with Crippen LogP contribution < -0.4 is 10.5 Å². The lowest BCUT2D eigenvalue weighted by molar-refractivity contribution is 0.297. The van der Waals surface area contributed by atoms with Gasteiger partial charge in [0.1, 0.15) is 5.52 Å². The van der Waals surface area contributed by atoms with E-state index in [0.29, 0.717) is 22.4 Å². The van der Waals surface area contributed by atoms with Crippen LogP contribution in [0.3, 0.4) is 0 Å². The monoisotopic (exact) mass is 504 g/mol. The van der Waals surface area contributed by atoms with Crippen molar-refractivity contribution in [3.05, 3.63) is 62.6 Å². The molecule has 4 rings (SSSR count). The van der Waals surface area contributed by atoms with Crippen molar-refractivity contribution >= 4 is 65.6 Å². The van der Waals surface area contributed by atoms with Crippen LogP contribution in [-0.4, -0.2) is 19.6 Å². The predicted octanol–water partition coefficient (Wildman–Crippen LogP) is 5.80. The zero-order valence-corrected chi connectivity index (χ0v) is 18.0. The number of nitrogens with one attached hydrogen (secondary N) is 1. The van der Waals surface area contributed by atoms with Gasteiger partial charge in [0.2, 0.25) is 0 Å². The molecule has 0 aliphatic rings. The summed E-state index contributed by atoms with van der Waals surface area (Å²) in [7, 11) is 0. The fourth-order valence-electron chi connectivity index (χ4n) is 3.23. The van der Waals surface area contributed by atoms with E-state index in [1.165, 1.54) is 11.6 Å². The third kappa shape index (κ3) is 3.35. The zero-order chi connectivity index (χ0) is 19.8. The molecule has 0 saturated heterocycles. The molecule has 0 saturated carbocycles. The molecular weight excluding hydrogens is 490 g/mol. The van der Waals surface area contributed by atoms with Crippen LogP contribution in [0.15, 0.2) is 51.8 Å². The summed E-state index contributed by atoms with van der Waals surface area (Å²) >= 11 is 7.27. The van der Waals surface area contributed by atoms with Gasteiger partial charge in [0.15, 0.2) is 5.82 Å². The standard InChI is InChI=1S/C19H16Br2N5O2/c1-2-4-11-7-12(20)17(13(21)8-11)24-19-16-9-22-10-25(16)18-14(23-19)5-3-6-15(18)26(27)28/h3,5-10,27H,2,4H2,1H3,(H,23,24)/q-1. The summed E-state index contributed by atoms with van der Waals surface area (Å²) in [5.41, 5.74) is 3.89. The van der Waals surface area contributed by atoms with Gasteiger partial charge in [-0.25, -0.2) is 9.97 Å². The van der Waals surface area contributed by atoms with Crippen molar-refractivity contribution in [2.24, 2.45) is 0 Å². The Labute approximate surface area is 177 Å². The van der Waals surface area contributed by atoms with Gasteiger partial charge in [0.05, 0.1) is 34.9 Å². The minimum atomic E-state index is -0.157. The van der Waals surface area contributed by atoms with Gasteiger partial charge in [-0.15, -0.1) is 0 Å². The third-order valence-corrected chi connectivity index (χ3v) is 5.69. The number of imidazole rings is 1. The van der Waals surface area contributed by atoms with E-state index in [1.807, 2.05) is 0 Å². The maximum Gasteiger partial charge on any atom is 0.157 e. The molecule has 2 aromatic carbocycles. The Hall–Kier alpha value is -2.20. The number of para-hydroxylation sites is 1. The first-order valence-electron chi connectivity index (χ1n) is 8.65. The van der Waals surface area contributed by atoms with Crippen molar-refractivity contribution in [2.75, 3.05) is 10.5 Å². The summed E-state index contributed by atoms with van der Waals surface area (Å²) < 4.78 is 3.56. The van der Waals surface area contributed by atoms with E-state index in [4.69, 9.17) is 0 Å². The highest BCUT2D eigenvalue weighted by molar-refractivity contribution is 9.11. The van der Waals surface area contributed by atoms with Crippen molar-refractivity contribution in [3.63, 3.8) is 0 Å². The predicted molar refractivity (Wildman–Crippen MR) is 117 cm³/mol. The summed E-state index contributed by atoms with van der Waals surface area (Å²) in [6.07, 6.45) is 5.31. The molecule has 0 aliphatic heterocycles. The number of aromatic nitrogens is 3. The highest BCUT2D eigenvalue weighted by Crippen LogP contribution is 2.37. The van der Waals surface area contributed by atoms with Crippen molar-refractivity contribution < 1.29 is 5.21 Å². The maximum atomic E-state index is 11.6. The minimum absolute atomic E-state index is 0.103. The Balaban J connectivity index is 1.87. The van der Waals surface area contributed by atoms with Gasteiger partial charge >= 0.3 is 0 Å². The number of hydrogen-bond acceptors (Lipinski definition) is 6. The molecule has 2 heterocycles. The van der Waals surface area contributed by atoms with E-state index in [0.717, 1.165) is 27.5 Å². The highest BCUT2D eigenvalue weighted by Gasteiger charge is 2.15. The molecular formula is C19H16Br2N5O2-. The number of fused-ring (bicyclic) bond motifs is 3. The lowest BCUT2D eigenvalue weighted by Crippen LogP contribution is -2.10. The zero-order valence-electron chi connectivity index (χ0n) is 14.9. The van der Waals surface area contributed by atoms with Crippen molar-refractivity contribution in [1.82, 2.24) is 14.4 Å². The van der Waals surface area contributed by atoms with Gasteiger partial charge in [-0.2, -0.15) is 0 Å². The molecule has 0 fully saturated rings. The average Bonchev–Trinajstić information content (AvgIpc) is 3.14. The van der Waals surface area contributed by atoms with Crippen LogP contribution in [0.25, 0.3) is 16.6 Å². The van der Waals surface area contributed by atoms with Gasteiger partial charge in [-0.1, -0.05) is 19.4 Å². The topological polar surface area (TPSA) is 88.8 Å². The van der Waals surface area contributed by atoms with Crippen LogP contribution in [0.4, 0.5) is 17.2 Å². The van der Waals surface area contributed by atoms with Crippen molar-refractivity contribution in [1.29, 1.82) is 0 Å². The largest absolute Gasteiger partial charge is 0.733 e. The second-order valence-corrected chi connectivity index (χ2v) is 8.05. The third-order valence-electron chi connectivity index (χ3n) is 4.44. The number of hydrogen-bond donors (Lipinski definition) is 2. The van der Waals surface area contributed by atoms with Crippen LogP contribution in [-0.2, 0) is 6.42 Å². The van der Waals surface area contributed by atoms with Crippen LogP contribution in [0, 0.1) is 5.21 Å². The minimum Gasteiger partial charge on any atom is -0.733 e. The molecule has 0 spiro atoms. The lowest BCUT2D eigenvalue weighted by atomic mass is 10.1. The van der Waals surface area contributed by atoms with Crippen LogP contribution in [0.2, 0.25) is 0 Å². The van der Waals surface area contributed by atoms with E-state index >= 15 is 0 Å². The van der Waals surface area contributed by atoms with Crippen LogP contribution in [0.5, 0.6) is 0 Å². The second kappa shape index (κ2) is 7.67. The molecule has 0 atom stereocenters. The molecule has 2 N–H and O–H groups in total. The maximum absolute atomic E-state index is 11.6. The Morgan fingerprint density at radius 1 is 1.25 bits per heavy atom. The quantitative estimate of drug-likeness (QED) is 0.333. The number of benzene rings is 2. The van der Waals surface area contributed by atoms with Gasteiger partial charge in [0, 0.05) is 8.95 Å². The fraction of sp³-hybridized carbons (Fsp3) is 0.158. The van der Waals surface area contributed by atoms with Crippen molar-refractivity contribution in [3.8, 4) is 0 Å². The molecule has 0 unspecified atom stereocenters. The molecule has 2 aromatic heterocycles. The Morgan fingerprint density at radius 2 is 2.00 bits per heavy atom. The summed E-state index contributed by atoms with van der Waals surface area (Å²) in [5, 5.41) is 24.2. The molecule has 4 aromatic rings. The number of rotatable bonds is 5. The van der Waals surface area contributed by atoms with Gasteiger partial charge in [-0.3, -0.25) is 9.61 Å². The number of aryl methyl sites for hydroxylation is 1. The number of anilines is 3. The van der Waals surface area contributed by atoms with Gasteiger partial charge < -0.3 is 15.8 Å². The Bertz CT molecular complexity index is 1150. The molecule has 0 aliphatic carbocycles. The first-order chi connectivity index (χ1) is 13.5. The molecule has 144 valence electrons. The molecule has 0 radical (unpaired) electrons. The molecule has 7 nitrogen and oxygen atoms in total. The number of nitrogens with zero attached hydrogens (tertiary/aromatic N) is 4. The Morgan fingerprint density at radius 3 is 2.68 bits per heavy atom. The van der Waals surface area contributed by atoms with E-state index in [1.54, 1.807) is 29.1 Å². The Kier molecular flexibility index (Phi) is 5.24. The SMILES string of the molecule is CCCc1cc(Br)c(Nc2nc3cccc(N([O-])O)c3n3cncc23)c(Br)c1. The molecule has 28 heavy (non-hydrogen) atoms. The van der Waals surface area contributed by atoms with Gasteiger partial charge in [0.25, 0.3) is 0 Å². The highest BCUT2D eigenvalue weighted by atomic mass is 79.9. The van der Waals surface area contributed by atoms with Crippen molar-refractivity contribution in [2.45, 2.75) is 19.8 Å². The van der Waals surface area contributed by atoms with E-state index in [-0.39, 0.29) is 10.9 Å². The summed E-state index contributed by atoms with van der Waals surface area (Å²) in [4.78, 5) is 8.86. The first kappa shape index (κ1) is 19.1. The summed E-state index contributed by atoms with van der Waals surface area (Å²) in [5.74, 6) is 0.585. The molecule has 0 amide bonds. The first-order valence-corrected chi connectivity index (χ1v) is 10.2. The van der Waals surface area contributed by atoms with E-state index in [9.17, 15) is 10.4 Å². The molecule has 0 bridgehead atoms. The summed E-state index contributed by atoms with van der Waals surface area (Å²) in [6.45, 7) is 2.15. The van der Waals surface area contributed by atoms with Crippen LogP contribution in [0.1, 0.15) is 18.9 Å². The smallest absolute Gasteiger partial charge is 0.157 e. The fourth-order valence-corrected chi connectivity index (χ4v) is 4.71. The van der Waals surface area contributed by atoms with E-state index in [2.05, 4.69) is 66.2 Å². The number of halogens is 2. The summed E-state index contributed by atoms with van der Waals surface area (Å²) in [6, 6.07) is 9.16. The van der Waals surface area contributed by atoms with Crippen LogP contribution >= 0.6 is 31.9 Å². The van der Waals surface area contributed by atoms with Gasteiger partial charge in [-0.05, 0) is 68.1 Å². The average molecular weight is 506 g/mol. The second-order valence-electron chi connectivity index (χ2n) is 6.34. The van der Waals surface area contributed by atoms with E-state index < -0.39 is 0 Å². The molecule has 9 heteroatoms.